The highest BCUT2D eigenvalue weighted by molar-refractivity contribution is 7.89. The Hall–Kier alpha value is -3.37. The highest BCUT2D eigenvalue weighted by Crippen LogP contribution is 2.30. The lowest BCUT2D eigenvalue weighted by Gasteiger charge is -2.39. The fourth-order valence-electron chi connectivity index (χ4n) is 5.07. The molecule has 1 unspecified atom stereocenters. The normalized spacial score (nSPS) is 19.4. The van der Waals surface area contributed by atoms with Gasteiger partial charge in [0.1, 0.15) is 11.5 Å². The number of phenols is 1. The molecule has 1 N–H and O–H groups in total. The topological polar surface area (TPSA) is 103 Å². The fourth-order valence-corrected chi connectivity index (χ4v) is 6.59. The molecule has 0 radical (unpaired) electrons. The maximum atomic E-state index is 13.4. The highest BCUT2D eigenvalue weighted by Gasteiger charge is 2.36. The third-order valence-electron chi connectivity index (χ3n) is 7.07. The van der Waals surface area contributed by atoms with Gasteiger partial charge in [-0.1, -0.05) is 0 Å². The number of hydrogen-bond acceptors (Lipinski definition) is 7. The van der Waals surface area contributed by atoms with Crippen LogP contribution in [0.2, 0.25) is 0 Å². The minimum absolute atomic E-state index is 0.0132. The summed E-state index contributed by atoms with van der Waals surface area (Å²) in [6, 6.07) is 13.4. The van der Waals surface area contributed by atoms with Gasteiger partial charge in [-0.2, -0.15) is 4.31 Å². The van der Waals surface area contributed by atoms with Gasteiger partial charge in [0, 0.05) is 62.6 Å². The molecule has 3 aromatic rings. The molecule has 0 bridgehead atoms. The molecule has 1 aromatic heterocycles. The Morgan fingerprint density at radius 2 is 1.78 bits per heavy atom. The van der Waals surface area contributed by atoms with Crippen LogP contribution in [0.25, 0.3) is 10.9 Å². The third kappa shape index (κ3) is 4.70. The smallest absolute Gasteiger partial charge is 0.243 e. The van der Waals surface area contributed by atoms with Crippen LogP contribution < -0.4 is 9.64 Å². The highest BCUT2D eigenvalue weighted by atomic mass is 32.2. The summed E-state index contributed by atoms with van der Waals surface area (Å²) in [6.45, 7) is 3.12. The summed E-state index contributed by atoms with van der Waals surface area (Å²) in [6.07, 6.45) is 3.11. The van der Waals surface area contributed by atoms with E-state index < -0.39 is 10.0 Å². The molecular formula is C26H30N4O5S. The molecule has 0 aliphatic carbocycles. The molecule has 2 saturated heterocycles. The lowest BCUT2D eigenvalue weighted by Crippen LogP contribution is -2.53. The lowest BCUT2D eigenvalue weighted by molar-refractivity contribution is -0.137. The van der Waals surface area contributed by atoms with E-state index in [0.717, 1.165) is 22.3 Å². The second-order valence-electron chi connectivity index (χ2n) is 9.22. The van der Waals surface area contributed by atoms with Gasteiger partial charge in [-0.3, -0.25) is 9.78 Å². The molecule has 2 fully saturated rings. The van der Waals surface area contributed by atoms with Gasteiger partial charge < -0.3 is 19.6 Å². The van der Waals surface area contributed by atoms with Crippen LogP contribution in [-0.4, -0.2) is 80.0 Å². The van der Waals surface area contributed by atoms with Crippen molar-refractivity contribution in [3.63, 3.8) is 0 Å². The Balaban J connectivity index is 1.24. The van der Waals surface area contributed by atoms with Gasteiger partial charge in [0.2, 0.25) is 15.9 Å². The number of phenolic OH excluding ortho intramolecular Hbond substituents is 1. The largest absolute Gasteiger partial charge is 0.508 e. The molecular weight excluding hydrogens is 480 g/mol. The number of amides is 1. The number of carbonyl (C=O) groups is 1. The molecule has 2 aromatic carbocycles. The standard InChI is InChI=1S/C26H30N4O5S/c1-35-21-6-9-23-24(17-21)27-11-10-25(23)28-13-15-29(16-14-28)26(32)19-3-2-12-30(18-19)36(33,34)22-7-4-20(31)5-8-22/h4-11,17,19,31H,2-3,12-16,18H2,1H3. The second-order valence-corrected chi connectivity index (χ2v) is 11.2. The van der Waals surface area contributed by atoms with E-state index in [1.54, 1.807) is 13.3 Å². The molecule has 9 nitrogen and oxygen atoms in total. The molecule has 0 saturated carbocycles. The van der Waals surface area contributed by atoms with Crippen molar-refractivity contribution in [3.8, 4) is 11.5 Å². The molecule has 10 heteroatoms. The van der Waals surface area contributed by atoms with Crippen LogP contribution in [0.4, 0.5) is 5.69 Å². The Bertz CT molecular complexity index is 1350. The van der Waals surface area contributed by atoms with Gasteiger partial charge in [-0.15, -0.1) is 0 Å². The Morgan fingerprint density at radius 1 is 1.03 bits per heavy atom. The van der Waals surface area contributed by atoms with Crippen LogP contribution in [0.15, 0.2) is 59.6 Å². The summed E-state index contributed by atoms with van der Waals surface area (Å²) in [4.78, 5) is 22.1. The predicted molar refractivity (Wildman–Crippen MR) is 137 cm³/mol. The maximum absolute atomic E-state index is 13.4. The van der Waals surface area contributed by atoms with Crippen molar-refractivity contribution in [2.45, 2.75) is 17.7 Å². The van der Waals surface area contributed by atoms with Crippen LogP contribution in [0.3, 0.4) is 0 Å². The number of benzene rings is 2. The van der Waals surface area contributed by atoms with Crippen LogP contribution in [0.1, 0.15) is 12.8 Å². The van der Waals surface area contributed by atoms with Crippen LogP contribution >= 0.6 is 0 Å². The average Bonchev–Trinajstić information content (AvgIpc) is 2.92. The quantitative estimate of drug-likeness (QED) is 0.563. The van der Waals surface area contributed by atoms with Gasteiger partial charge >= 0.3 is 0 Å². The molecule has 0 spiro atoms. The van der Waals surface area contributed by atoms with Gasteiger partial charge in [-0.05, 0) is 55.3 Å². The number of aromatic hydroxyl groups is 1. The third-order valence-corrected chi connectivity index (χ3v) is 8.95. The van der Waals surface area contributed by atoms with E-state index in [1.807, 2.05) is 29.2 Å². The number of methoxy groups -OCH3 is 1. The monoisotopic (exact) mass is 510 g/mol. The SMILES string of the molecule is COc1ccc2c(N3CCN(C(=O)C4CCCN(S(=O)(=O)c5ccc(O)cc5)C4)CC3)ccnc2c1. The number of anilines is 1. The van der Waals surface area contributed by atoms with Crippen molar-refractivity contribution in [2.24, 2.45) is 5.92 Å². The van der Waals surface area contributed by atoms with Crippen LogP contribution in [-0.2, 0) is 14.8 Å². The lowest BCUT2D eigenvalue weighted by atomic mass is 9.97. The minimum atomic E-state index is -3.72. The molecule has 3 heterocycles. The number of sulfonamides is 1. The van der Waals surface area contributed by atoms with E-state index in [0.29, 0.717) is 45.6 Å². The van der Waals surface area contributed by atoms with Crippen molar-refractivity contribution in [1.82, 2.24) is 14.2 Å². The summed E-state index contributed by atoms with van der Waals surface area (Å²) in [5, 5.41) is 10.5. The summed E-state index contributed by atoms with van der Waals surface area (Å²) in [5.74, 6) is 0.437. The number of fused-ring (bicyclic) bond motifs is 1. The molecule has 2 aliphatic heterocycles. The zero-order valence-corrected chi connectivity index (χ0v) is 21.0. The van der Waals surface area contributed by atoms with E-state index >= 15 is 0 Å². The minimum Gasteiger partial charge on any atom is -0.508 e. The van der Waals surface area contributed by atoms with E-state index in [4.69, 9.17) is 4.74 Å². The van der Waals surface area contributed by atoms with Gasteiger partial charge in [0.25, 0.3) is 0 Å². The number of aromatic nitrogens is 1. The summed E-state index contributed by atoms with van der Waals surface area (Å²) in [7, 11) is -2.08. The zero-order valence-electron chi connectivity index (χ0n) is 20.2. The molecule has 190 valence electrons. The van der Waals surface area contributed by atoms with Gasteiger partial charge in [0.05, 0.1) is 23.4 Å². The van der Waals surface area contributed by atoms with E-state index in [1.165, 1.54) is 28.6 Å². The van der Waals surface area contributed by atoms with Crippen molar-refractivity contribution in [1.29, 1.82) is 0 Å². The van der Waals surface area contributed by atoms with Crippen LogP contribution in [0.5, 0.6) is 11.5 Å². The fraction of sp³-hybridized carbons (Fsp3) is 0.385. The van der Waals surface area contributed by atoms with Crippen LogP contribution in [0, 0.1) is 5.92 Å². The van der Waals surface area contributed by atoms with E-state index in [-0.39, 0.29) is 29.0 Å². The number of nitrogens with zero attached hydrogens (tertiary/aromatic N) is 4. The molecule has 1 amide bonds. The second kappa shape index (κ2) is 9.94. The summed E-state index contributed by atoms with van der Waals surface area (Å²) < 4.78 is 32.9. The number of piperazine rings is 1. The molecule has 1 atom stereocenters. The number of ether oxygens (including phenoxy) is 1. The van der Waals surface area contributed by atoms with E-state index in [9.17, 15) is 18.3 Å². The van der Waals surface area contributed by atoms with Gasteiger partial charge in [-0.25, -0.2) is 8.42 Å². The Kier molecular flexibility index (Phi) is 6.72. The number of carbonyl (C=O) groups excluding carboxylic acids is 1. The Morgan fingerprint density at radius 3 is 2.50 bits per heavy atom. The first kappa shape index (κ1) is 24.3. The van der Waals surface area contributed by atoms with Crippen molar-refractivity contribution >= 4 is 32.5 Å². The summed E-state index contributed by atoms with van der Waals surface area (Å²) in [5.41, 5.74) is 1.95. The zero-order chi connectivity index (χ0) is 25.3. The number of rotatable bonds is 5. The Labute approximate surface area is 211 Å². The molecule has 5 rings (SSSR count). The summed E-state index contributed by atoms with van der Waals surface area (Å²) >= 11 is 0. The number of hydrogen-bond donors (Lipinski definition) is 1. The molecule has 36 heavy (non-hydrogen) atoms. The van der Waals surface area contributed by atoms with Crippen molar-refractivity contribution < 1.29 is 23.1 Å². The van der Waals surface area contributed by atoms with E-state index in [2.05, 4.69) is 9.88 Å². The number of piperidine rings is 1. The molecule has 2 aliphatic rings. The maximum Gasteiger partial charge on any atom is 0.243 e. The first-order valence-corrected chi connectivity index (χ1v) is 13.6. The van der Waals surface area contributed by atoms with Gasteiger partial charge in [0.15, 0.2) is 0 Å². The number of pyridine rings is 1. The average molecular weight is 511 g/mol. The van der Waals surface area contributed by atoms with Crippen molar-refractivity contribution in [2.75, 3.05) is 51.3 Å². The predicted octanol–water partition coefficient (Wildman–Crippen LogP) is 2.70. The van der Waals surface area contributed by atoms with Crippen molar-refractivity contribution in [3.05, 3.63) is 54.7 Å². The first-order valence-electron chi connectivity index (χ1n) is 12.1. The first-order chi connectivity index (χ1) is 17.4.